The van der Waals surface area contributed by atoms with Gasteiger partial charge in [-0.1, -0.05) is 48.9 Å². The summed E-state index contributed by atoms with van der Waals surface area (Å²) in [6, 6.07) is 27.2. The molecule has 2 amide bonds. The summed E-state index contributed by atoms with van der Waals surface area (Å²) in [6.45, 7) is 5.21. The topological polar surface area (TPSA) is 86.4 Å². The zero-order valence-corrected chi connectivity index (χ0v) is 23.8. The third kappa shape index (κ3) is 6.11. The predicted octanol–water partition coefficient (Wildman–Crippen LogP) is 6.49. The zero-order valence-electron chi connectivity index (χ0n) is 23.8. The highest BCUT2D eigenvalue weighted by Crippen LogP contribution is 2.38. The van der Waals surface area contributed by atoms with Gasteiger partial charge in [0.1, 0.15) is 0 Å². The highest BCUT2D eigenvalue weighted by molar-refractivity contribution is 6.37. The summed E-state index contributed by atoms with van der Waals surface area (Å²) < 4.78 is 0. The molecule has 1 atom stereocenters. The Morgan fingerprint density at radius 3 is 2.38 bits per heavy atom. The lowest BCUT2D eigenvalue weighted by Crippen LogP contribution is -2.29. The van der Waals surface area contributed by atoms with E-state index in [4.69, 9.17) is 0 Å². The number of fused-ring (bicyclic) bond motifs is 1. The van der Waals surface area contributed by atoms with E-state index >= 15 is 0 Å². The number of aromatic nitrogens is 1. The molecule has 4 aromatic rings. The fraction of sp³-hybridized carbons (Fsp3) is 0.229. The van der Waals surface area contributed by atoms with Crippen LogP contribution in [0.15, 0.2) is 97.3 Å². The average molecular weight is 558 g/mol. The van der Waals surface area contributed by atoms with Gasteiger partial charge in [-0.15, -0.1) is 0 Å². The van der Waals surface area contributed by atoms with Crippen LogP contribution in [0, 0.1) is 0 Å². The van der Waals surface area contributed by atoms with E-state index in [1.165, 1.54) is 24.8 Å². The molecule has 1 aromatic heterocycles. The lowest BCUT2D eigenvalue weighted by molar-refractivity contribution is -0.110. The number of hydrogen-bond acceptors (Lipinski definition) is 5. The normalized spacial score (nSPS) is 16.7. The van der Waals surface area contributed by atoms with E-state index in [0.717, 1.165) is 36.4 Å². The van der Waals surface area contributed by atoms with Gasteiger partial charge in [0, 0.05) is 47.0 Å². The zero-order chi connectivity index (χ0) is 28.9. The molecule has 7 heteroatoms. The third-order valence-electron chi connectivity index (χ3n) is 7.97. The second kappa shape index (κ2) is 12.4. The number of pyridine rings is 1. The second-order valence-electron chi connectivity index (χ2n) is 11.0. The first-order chi connectivity index (χ1) is 20.5. The summed E-state index contributed by atoms with van der Waals surface area (Å²) in [6.07, 6.45) is 7.27. The molecule has 1 fully saturated rings. The molecule has 0 saturated carbocycles. The molecule has 2 aliphatic heterocycles. The van der Waals surface area contributed by atoms with Crippen molar-refractivity contribution in [3.8, 4) is 0 Å². The lowest BCUT2D eigenvalue weighted by atomic mass is 9.98. The summed E-state index contributed by atoms with van der Waals surface area (Å²) in [5.41, 5.74) is 6.99. The minimum Gasteiger partial charge on any atom is -0.354 e. The number of rotatable bonds is 8. The van der Waals surface area contributed by atoms with Crippen LogP contribution >= 0.6 is 0 Å². The smallest absolute Gasteiger partial charge is 0.258 e. The van der Waals surface area contributed by atoms with Crippen LogP contribution in [0.3, 0.4) is 0 Å². The maximum atomic E-state index is 13.4. The molecular weight excluding hydrogens is 522 g/mol. The summed E-state index contributed by atoms with van der Waals surface area (Å²) >= 11 is 0. The van der Waals surface area contributed by atoms with Crippen LogP contribution in [-0.2, 0) is 11.3 Å². The first kappa shape index (κ1) is 27.4. The highest BCUT2D eigenvalue weighted by Gasteiger charge is 2.29. The van der Waals surface area contributed by atoms with Gasteiger partial charge in [-0.2, -0.15) is 0 Å². The predicted molar refractivity (Wildman–Crippen MR) is 168 cm³/mol. The molecule has 212 valence electrons. The van der Waals surface area contributed by atoms with Crippen LogP contribution in [0.25, 0.3) is 11.3 Å². The number of anilines is 2. The summed E-state index contributed by atoms with van der Waals surface area (Å²) in [7, 11) is 0. The molecule has 0 unspecified atom stereocenters. The fourth-order valence-corrected chi connectivity index (χ4v) is 5.67. The van der Waals surface area contributed by atoms with E-state index in [1.807, 2.05) is 49.4 Å². The fourth-order valence-electron chi connectivity index (χ4n) is 5.67. The van der Waals surface area contributed by atoms with Crippen molar-refractivity contribution >= 4 is 34.5 Å². The average Bonchev–Trinajstić information content (AvgIpc) is 3.36. The Hall–Kier alpha value is -4.75. The number of benzene rings is 3. The Morgan fingerprint density at radius 1 is 0.905 bits per heavy atom. The van der Waals surface area contributed by atoms with Crippen molar-refractivity contribution in [1.82, 2.24) is 15.2 Å². The van der Waals surface area contributed by atoms with Gasteiger partial charge in [0.15, 0.2) is 0 Å². The van der Waals surface area contributed by atoms with Gasteiger partial charge in [0.2, 0.25) is 0 Å². The van der Waals surface area contributed by atoms with Crippen molar-refractivity contribution in [3.05, 3.63) is 125 Å². The van der Waals surface area contributed by atoms with Crippen molar-refractivity contribution in [3.63, 3.8) is 0 Å². The SMILES string of the molecule is C[C@H](NC(=O)c1ccc2c(c1)/C(=C(/Nc1ccc(CN3CCCCC3)cc1)c1ccncc1)C(=O)N2)c1ccccc1. The van der Waals surface area contributed by atoms with Crippen LogP contribution in [0.4, 0.5) is 11.4 Å². The molecule has 1 saturated heterocycles. The largest absolute Gasteiger partial charge is 0.354 e. The van der Waals surface area contributed by atoms with Gasteiger partial charge in [-0.25, -0.2) is 0 Å². The van der Waals surface area contributed by atoms with Crippen molar-refractivity contribution in [2.45, 2.75) is 38.8 Å². The van der Waals surface area contributed by atoms with Gasteiger partial charge < -0.3 is 16.0 Å². The molecule has 2 aliphatic rings. The molecule has 3 aromatic carbocycles. The minimum atomic E-state index is -0.221. The van der Waals surface area contributed by atoms with Crippen molar-refractivity contribution in [2.75, 3.05) is 23.7 Å². The maximum absolute atomic E-state index is 13.4. The summed E-state index contributed by atoms with van der Waals surface area (Å²) in [4.78, 5) is 33.4. The summed E-state index contributed by atoms with van der Waals surface area (Å²) in [5, 5.41) is 9.58. The third-order valence-corrected chi connectivity index (χ3v) is 7.97. The van der Waals surface area contributed by atoms with Crippen LogP contribution in [0.5, 0.6) is 0 Å². The maximum Gasteiger partial charge on any atom is 0.258 e. The lowest BCUT2D eigenvalue weighted by Gasteiger charge is -2.26. The number of nitrogens with zero attached hydrogens (tertiary/aromatic N) is 2. The molecule has 0 spiro atoms. The van der Waals surface area contributed by atoms with E-state index in [1.54, 1.807) is 30.6 Å². The molecule has 7 nitrogen and oxygen atoms in total. The second-order valence-corrected chi connectivity index (χ2v) is 11.0. The number of carbonyl (C=O) groups is 2. The molecular formula is C35H35N5O2. The first-order valence-electron chi connectivity index (χ1n) is 14.6. The molecule has 3 N–H and O–H groups in total. The van der Waals surface area contributed by atoms with Gasteiger partial charge in [0.25, 0.3) is 11.8 Å². The van der Waals surface area contributed by atoms with Crippen LogP contribution in [0.2, 0.25) is 0 Å². The van der Waals surface area contributed by atoms with E-state index in [2.05, 4.69) is 50.1 Å². The van der Waals surface area contributed by atoms with E-state index in [-0.39, 0.29) is 17.9 Å². The van der Waals surface area contributed by atoms with Crippen molar-refractivity contribution in [2.24, 2.45) is 0 Å². The van der Waals surface area contributed by atoms with Gasteiger partial charge in [-0.3, -0.25) is 19.5 Å². The Bertz CT molecular complexity index is 1590. The Balaban J connectivity index is 1.30. The Kier molecular flexibility index (Phi) is 8.10. The Morgan fingerprint density at radius 2 is 1.64 bits per heavy atom. The van der Waals surface area contributed by atoms with Crippen LogP contribution in [0.1, 0.15) is 64.8 Å². The number of carbonyl (C=O) groups excluding carboxylic acids is 2. The van der Waals surface area contributed by atoms with Gasteiger partial charge >= 0.3 is 0 Å². The molecule has 0 aliphatic carbocycles. The number of hydrogen-bond donors (Lipinski definition) is 3. The number of amides is 2. The monoisotopic (exact) mass is 557 g/mol. The van der Waals surface area contributed by atoms with E-state index < -0.39 is 0 Å². The molecule has 0 radical (unpaired) electrons. The molecule has 0 bridgehead atoms. The number of piperidine rings is 1. The van der Waals surface area contributed by atoms with Crippen LogP contribution < -0.4 is 16.0 Å². The standard InChI is InChI=1S/C35H35N5O2/c1-24(26-8-4-2-5-9-26)37-34(41)28-12-15-31-30(22-28)32(35(42)39-31)33(27-16-18-36-19-17-27)38-29-13-10-25(11-14-29)23-40-20-6-3-7-21-40/h2,4-5,8-19,22,24,38H,3,6-7,20-21,23H2,1H3,(H,37,41)(H,39,42)/b33-32-/t24-/m0/s1. The first-order valence-corrected chi connectivity index (χ1v) is 14.6. The van der Waals surface area contributed by atoms with Crippen molar-refractivity contribution < 1.29 is 9.59 Å². The number of likely N-dealkylation sites (tertiary alicyclic amines) is 1. The van der Waals surface area contributed by atoms with Gasteiger partial charge in [0.05, 0.1) is 17.3 Å². The van der Waals surface area contributed by atoms with Crippen molar-refractivity contribution in [1.29, 1.82) is 0 Å². The van der Waals surface area contributed by atoms with E-state index in [9.17, 15) is 9.59 Å². The Labute approximate surface area is 246 Å². The summed E-state index contributed by atoms with van der Waals surface area (Å²) in [5.74, 6) is -0.420. The number of nitrogens with one attached hydrogen (secondary N) is 3. The quantitative estimate of drug-likeness (QED) is 0.216. The molecule has 42 heavy (non-hydrogen) atoms. The molecule has 3 heterocycles. The van der Waals surface area contributed by atoms with Crippen LogP contribution in [-0.4, -0.2) is 34.8 Å². The highest BCUT2D eigenvalue weighted by atomic mass is 16.2. The van der Waals surface area contributed by atoms with Gasteiger partial charge in [-0.05, 0) is 86.4 Å². The molecule has 6 rings (SSSR count). The minimum absolute atomic E-state index is 0.159. The van der Waals surface area contributed by atoms with E-state index in [0.29, 0.717) is 28.1 Å².